The SMILES string of the molecule is CNC1=C(C(=N)C(=O)NCc2ccc(Cl)cc2)CN(C(C)C2CC(C)(F)C(=O)N2)C1. The van der Waals surface area contributed by atoms with Crippen LogP contribution in [0.1, 0.15) is 25.8 Å². The summed E-state index contributed by atoms with van der Waals surface area (Å²) in [6, 6.07) is 6.67. The van der Waals surface area contributed by atoms with E-state index in [0.29, 0.717) is 30.2 Å². The Morgan fingerprint density at radius 1 is 1.40 bits per heavy atom. The molecule has 0 aliphatic carbocycles. The zero-order chi connectivity index (χ0) is 22.1. The zero-order valence-electron chi connectivity index (χ0n) is 17.3. The zero-order valence-corrected chi connectivity index (χ0v) is 18.1. The largest absolute Gasteiger partial charge is 0.390 e. The van der Waals surface area contributed by atoms with Crippen molar-refractivity contribution in [1.82, 2.24) is 20.9 Å². The van der Waals surface area contributed by atoms with Crippen molar-refractivity contribution in [2.45, 2.75) is 44.6 Å². The van der Waals surface area contributed by atoms with Gasteiger partial charge in [-0.05, 0) is 31.5 Å². The maximum absolute atomic E-state index is 14.3. The van der Waals surface area contributed by atoms with Crippen molar-refractivity contribution < 1.29 is 14.0 Å². The van der Waals surface area contributed by atoms with Gasteiger partial charge in [-0.25, -0.2) is 4.39 Å². The predicted octanol–water partition coefficient (Wildman–Crippen LogP) is 1.77. The molecular formula is C21H27ClFN5O2. The molecule has 1 aromatic carbocycles. The molecule has 1 aromatic rings. The number of carbonyl (C=O) groups is 2. The van der Waals surface area contributed by atoms with Gasteiger partial charge in [0.05, 0.1) is 0 Å². The Bertz CT molecular complexity index is 884. The molecule has 7 nitrogen and oxygen atoms in total. The summed E-state index contributed by atoms with van der Waals surface area (Å²) >= 11 is 5.87. The first-order valence-corrected chi connectivity index (χ1v) is 10.3. The Kier molecular flexibility index (Phi) is 6.47. The summed E-state index contributed by atoms with van der Waals surface area (Å²) in [5, 5.41) is 17.6. The molecule has 2 aliphatic rings. The Morgan fingerprint density at radius 3 is 2.63 bits per heavy atom. The second-order valence-electron chi connectivity index (χ2n) is 8.02. The van der Waals surface area contributed by atoms with E-state index in [2.05, 4.69) is 16.0 Å². The average Bonchev–Trinajstić information content (AvgIpc) is 3.26. The first kappa shape index (κ1) is 22.2. The first-order chi connectivity index (χ1) is 14.1. The van der Waals surface area contributed by atoms with Crippen LogP contribution in [0.5, 0.6) is 0 Å². The van der Waals surface area contributed by atoms with Gasteiger partial charge in [-0.2, -0.15) is 0 Å². The molecule has 0 saturated carbocycles. The number of benzene rings is 1. The molecule has 4 N–H and O–H groups in total. The summed E-state index contributed by atoms with van der Waals surface area (Å²) in [5.74, 6) is -1.05. The molecule has 1 fully saturated rings. The van der Waals surface area contributed by atoms with Crippen LogP contribution in [-0.4, -0.2) is 60.3 Å². The van der Waals surface area contributed by atoms with Crippen LogP contribution in [0.2, 0.25) is 5.02 Å². The fourth-order valence-electron chi connectivity index (χ4n) is 3.83. The number of amides is 2. The van der Waals surface area contributed by atoms with Gasteiger partial charge in [-0.1, -0.05) is 23.7 Å². The number of hydrogen-bond acceptors (Lipinski definition) is 5. The Balaban J connectivity index is 1.61. The van der Waals surface area contributed by atoms with Crippen molar-refractivity contribution >= 4 is 29.1 Å². The average molecular weight is 436 g/mol. The van der Waals surface area contributed by atoms with Crippen LogP contribution in [0.25, 0.3) is 0 Å². The van der Waals surface area contributed by atoms with Crippen molar-refractivity contribution in [2.24, 2.45) is 0 Å². The Hall–Kier alpha value is -2.45. The maximum atomic E-state index is 14.3. The third-order valence-electron chi connectivity index (χ3n) is 5.84. The van der Waals surface area contributed by atoms with Gasteiger partial charge in [0.2, 0.25) is 0 Å². The van der Waals surface area contributed by atoms with E-state index in [0.717, 1.165) is 11.3 Å². The molecule has 3 rings (SSSR count). The van der Waals surface area contributed by atoms with Crippen molar-refractivity contribution in [3.8, 4) is 0 Å². The third kappa shape index (κ3) is 4.65. The van der Waals surface area contributed by atoms with Crippen LogP contribution >= 0.6 is 11.6 Å². The van der Waals surface area contributed by atoms with E-state index in [1.165, 1.54) is 6.92 Å². The second kappa shape index (κ2) is 8.73. The summed E-state index contributed by atoms with van der Waals surface area (Å²) in [5.41, 5.74) is 0.297. The van der Waals surface area contributed by atoms with Crippen LogP contribution in [0.3, 0.4) is 0 Å². The highest BCUT2D eigenvalue weighted by Crippen LogP contribution is 2.29. The lowest BCUT2D eigenvalue weighted by molar-refractivity contribution is -0.128. The van der Waals surface area contributed by atoms with E-state index in [4.69, 9.17) is 17.0 Å². The molecular weight excluding hydrogens is 409 g/mol. The molecule has 3 atom stereocenters. The van der Waals surface area contributed by atoms with Crippen molar-refractivity contribution in [3.05, 3.63) is 46.1 Å². The number of rotatable bonds is 7. The fourth-order valence-corrected chi connectivity index (χ4v) is 3.96. The molecule has 3 unspecified atom stereocenters. The lowest BCUT2D eigenvalue weighted by Crippen LogP contribution is -2.46. The summed E-state index contributed by atoms with van der Waals surface area (Å²) in [4.78, 5) is 26.4. The van der Waals surface area contributed by atoms with Crippen molar-refractivity contribution in [3.63, 3.8) is 0 Å². The molecule has 9 heteroatoms. The monoisotopic (exact) mass is 435 g/mol. The number of alkyl halides is 1. The molecule has 2 heterocycles. The molecule has 2 amide bonds. The summed E-state index contributed by atoms with van der Waals surface area (Å²) in [6.07, 6.45) is 0.104. The quantitative estimate of drug-likeness (QED) is 0.491. The molecule has 2 aliphatic heterocycles. The number of likely N-dealkylation sites (N-methyl/N-ethyl adjacent to an activating group) is 1. The second-order valence-corrected chi connectivity index (χ2v) is 8.45. The molecule has 1 saturated heterocycles. The van der Waals surface area contributed by atoms with Crippen molar-refractivity contribution in [1.29, 1.82) is 5.41 Å². The molecule has 0 aromatic heterocycles. The first-order valence-electron chi connectivity index (χ1n) is 9.87. The number of nitrogens with zero attached hydrogens (tertiary/aromatic N) is 1. The molecule has 0 radical (unpaired) electrons. The lowest BCUT2D eigenvalue weighted by atomic mass is 9.99. The topological polar surface area (TPSA) is 97.3 Å². The van der Waals surface area contributed by atoms with Gasteiger partial charge in [0.15, 0.2) is 5.67 Å². The van der Waals surface area contributed by atoms with E-state index in [1.807, 2.05) is 24.0 Å². The molecule has 162 valence electrons. The number of halogens is 2. The molecule has 0 bridgehead atoms. The van der Waals surface area contributed by atoms with Crippen molar-refractivity contribution in [2.75, 3.05) is 20.1 Å². The van der Waals surface area contributed by atoms with E-state index in [-0.39, 0.29) is 24.2 Å². The van der Waals surface area contributed by atoms with Crippen LogP contribution < -0.4 is 16.0 Å². The normalized spacial score (nSPS) is 25.2. The summed E-state index contributed by atoms with van der Waals surface area (Å²) in [6.45, 7) is 4.38. The highest BCUT2D eigenvalue weighted by Gasteiger charge is 2.46. The van der Waals surface area contributed by atoms with Crippen LogP contribution in [0, 0.1) is 5.41 Å². The van der Waals surface area contributed by atoms with Gasteiger partial charge < -0.3 is 16.0 Å². The minimum atomic E-state index is -1.87. The summed E-state index contributed by atoms with van der Waals surface area (Å²) < 4.78 is 14.3. The Morgan fingerprint density at radius 2 is 2.07 bits per heavy atom. The van der Waals surface area contributed by atoms with Gasteiger partial charge >= 0.3 is 0 Å². The van der Waals surface area contributed by atoms with E-state index in [1.54, 1.807) is 19.2 Å². The fraction of sp³-hybridized carbons (Fsp3) is 0.476. The van der Waals surface area contributed by atoms with E-state index >= 15 is 0 Å². The van der Waals surface area contributed by atoms with Gasteiger partial charge in [-0.15, -0.1) is 0 Å². The van der Waals surface area contributed by atoms with Crippen LogP contribution in [-0.2, 0) is 16.1 Å². The van der Waals surface area contributed by atoms with Crippen LogP contribution in [0.4, 0.5) is 4.39 Å². The highest BCUT2D eigenvalue weighted by molar-refractivity contribution is 6.44. The maximum Gasteiger partial charge on any atom is 0.269 e. The summed E-state index contributed by atoms with van der Waals surface area (Å²) in [7, 11) is 1.75. The van der Waals surface area contributed by atoms with E-state index in [9.17, 15) is 14.0 Å². The van der Waals surface area contributed by atoms with Crippen LogP contribution in [0.15, 0.2) is 35.5 Å². The lowest BCUT2D eigenvalue weighted by Gasteiger charge is -2.29. The van der Waals surface area contributed by atoms with Gasteiger partial charge in [0.25, 0.3) is 11.8 Å². The highest BCUT2D eigenvalue weighted by atomic mass is 35.5. The predicted molar refractivity (Wildman–Crippen MR) is 114 cm³/mol. The smallest absolute Gasteiger partial charge is 0.269 e. The Labute approximate surface area is 180 Å². The number of carbonyl (C=O) groups excluding carboxylic acids is 2. The van der Waals surface area contributed by atoms with Gasteiger partial charge in [-0.3, -0.25) is 19.9 Å². The number of nitrogens with one attached hydrogen (secondary N) is 4. The number of hydrogen-bond donors (Lipinski definition) is 4. The molecule has 0 spiro atoms. The van der Waals surface area contributed by atoms with Gasteiger partial charge in [0.1, 0.15) is 5.71 Å². The minimum absolute atomic E-state index is 0.103. The minimum Gasteiger partial charge on any atom is -0.390 e. The third-order valence-corrected chi connectivity index (χ3v) is 6.09. The standard InChI is InChI=1S/C21H27ClFN5O2/c1-12(16-8-21(2,23)20(30)27-16)28-10-15(17(11-28)25-3)18(24)19(29)26-9-13-4-6-14(22)7-5-13/h4-7,12,16,24-25H,8-11H2,1-3H3,(H,26,29)(H,27,30). The molecule has 30 heavy (non-hydrogen) atoms. The van der Waals surface area contributed by atoms with E-state index < -0.39 is 17.5 Å². The van der Waals surface area contributed by atoms with Gasteiger partial charge in [0, 0.05) is 61.5 Å².